The molecule has 94 valence electrons. The van der Waals surface area contributed by atoms with Crippen LogP contribution in [0.2, 0.25) is 0 Å². The van der Waals surface area contributed by atoms with Crippen molar-refractivity contribution in [1.29, 1.82) is 0 Å². The second-order valence-corrected chi connectivity index (χ2v) is 6.71. The van der Waals surface area contributed by atoms with Gasteiger partial charge in [0.05, 0.1) is 8.66 Å². The summed E-state index contributed by atoms with van der Waals surface area (Å²) in [6, 6.07) is 4.21. The molecule has 1 aliphatic heterocycles. The van der Waals surface area contributed by atoms with E-state index in [9.17, 15) is 4.79 Å². The van der Waals surface area contributed by atoms with E-state index >= 15 is 0 Å². The van der Waals surface area contributed by atoms with Crippen molar-refractivity contribution < 1.29 is 4.79 Å². The maximum absolute atomic E-state index is 12.4. The van der Waals surface area contributed by atoms with Gasteiger partial charge in [0.2, 0.25) is 0 Å². The average Bonchev–Trinajstić information content (AvgIpc) is 2.95. The van der Waals surface area contributed by atoms with Gasteiger partial charge in [-0.15, -0.1) is 11.3 Å². The molecule has 1 fully saturated rings. The number of carbonyl (C=O) groups is 1. The molecule has 1 saturated heterocycles. The van der Waals surface area contributed by atoms with Crippen molar-refractivity contribution in [2.24, 2.45) is 0 Å². The number of hydrogen-bond donors (Lipinski definition) is 1. The van der Waals surface area contributed by atoms with Crippen molar-refractivity contribution in [2.45, 2.75) is 25.8 Å². The van der Waals surface area contributed by atoms with Gasteiger partial charge in [0, 0.05) is 19.1 Å². The number of carbonyl (C=O) groups excluding carboxylic acids is 1. The zero-order valence-electron chi connectivity index (χ0n) is 9.91. The van der Waals surface area contributed by atoms with E-state index in [0.29, 0.717) is 6.04 Å². The summed E-state index contributed by atoms with van der Waals surface area (Å²) < 4.78 is 1.02. The average molecular weight is 317 g/mol. The van der Waals surface area contributed by atoms with Gasteiger partial charge < -0.3 is 10.2 Å². The summed E-state index contributed by atoms with van der Waals surface area (Å²) in [6.45, 7) is 4.91. The predicted molar refractivity (Wildman–Crippen MR) is 74.6 cm³/mol. The lowest BCUT2D eigenvalue weighted by Gasteiger charge is -2.27. The number of amides is 1. The Balaban J connectivity index is 2.12. The van der Waals surface area contributed by atoms with Crippen molar-refractivity contribution in [3.05, 3.63) is 20.8 Å². The molecule has 0 aliphatic carbocycles. The Hall–Kier alpha value is -0.390. The zero-order valence-corrected chi connectivity index (χ0v) is 12.3. The lowest BCUT2D eigenvalue weighted by atomic mass is 10.2. The van der Waals surface area contributed by atoms with Crippen LogP contribution in [0.5, 0.6) is 0 Å². The molecule has 0 saturated carbocycles. The molecule has 2 rings (SSSR count). The van der Waals surface area contributed by atoms with Crippen molar-refractivity contribution in [3.8, 4) is 0 Å². The lowest BCUT2D eigenvalue weighted by molar-refractivity contribution is 0.0697. The summed E-state index contributed by atoms with van der Waals surface area (Å²) in [5.41, 5.74) is 0. The summed E-state index contributed by atoms with van der Waals surface area (Å²) in [7, 11) is 0. The van der Waals surface area contributed by atoms with E-state index < -0.39 is 0 Å². The van der Waals surface area contributed by atoms with Crippen molar-refractivity contribution in [2.75, 3.05) is 19.6 Å². The van der Waals surface area contributed by atoms with E-state index in [-0.39, 0.29) is 5.91 Å². The van der Waals surface area contributed by atoms with Crippen LogP contribution in [0.25, 0.3) is 0 Å². The topological polar surface area (TPSA) is 32.3 Å². The first kappa shape index (κ1) is 13.1. The van der Waals surface area contributed by atoms with Gasteiger partial charge >= 0.3 is 0 Å². The minimum absolute atomic E-state index is 0.177. The third-order valence-corrected chi connectivity index (χ3v) is 4.60. The van der Waals surface area contributed by atoms with E-state index in [1.54, 1.807) is 0 Å². The Morgan fingerprint density at radius 2 is 2.47 bits per heavy atom. The van der Waals surface area contributed by atoms with Gasteiger partial charge in [-0.25, -0.2) is 0 Å². The highest BCUT2D eigenvalue weighted by Crippen LogP contribution is 2.24. The van der Waals surface area contributed by atoms with Gasteiger partial charge in [0.1, 0.15) is 0 Å². The largest absolute Gasteiger partial charge is 0.334 e. The monoisotopic (exact) mass is 316 g/mol. The van der Waals surface area contributed by atoms with Crippen molar-refractivity contribution >= 4 is 33.2 Å². The number of nitrogens with zero attached hydrogens (tertiary/aromatic N) is 1. The molecule has 1 amide bonds. The first-order chi connectivity index (χ1) is 8.22. The minimum Gasteiger partial charge on any atom is -0.334 e. The Kier molecular flexibility index (Phi) is 4.59. The molecule has 3 nitrogen and oxygen atoms in total. The van der Waals surface area contributed by atoms with Crippen molar-refractivity contribution in [1.82, 2.24) is 10.2 Å². The molecule has 0 radical (unpaired) electrons. The fraction of sp³-hybridized carbons (Fsp3) is 0.583. The van der Waals surface area contributed by atoms with Crippen LogP contribution in [-0.4, -0.2) is 36.5 Å². The highest BCUT2D eigenvalue weighted by Gasteiger charge is 2.27. The summed E-state index contributed by atoms with van der Waals surface area (Å²) in [5, 5.41) is 3.32. The van der Waals surface area contributed by atoms with E-state index in [1.807, 2.05) is 17.0 Å². The van der Waals surface area contributed by atoms with Gasteiger partial charge in [-0.05, 0) is 47.4 Å². The molecule has 1 unspecified atom stereocenters. The first-order valence-corrected chi connectivity index (χ1v) is 7.60. The molecule has 17 heavy (non-hydrogen) atoms. The predicted octanol–water partition coefficient (Wildman–Crippen LogP) is 2.72. The number of nitrogens with one attached hydrogen (secondary N) is 1. The maximum atomic E-state index is 12.4. The smallest absolute Gasteiger partial charge is 0.264 e. The normalized spacial score (nSPS) is 19.5. The maximum Gasteiger partial charge on any atom is 0.264 e. The summed E-state index contributed by atoms with van der Waals surface area (Å²) in [4.78, 5) is 15.3. The molecule has 0 spiro atoms. The second kappa shape index (κ2) is 5.98. The van der Waals surface area contributed by atoms with E-state index in [2.05, 4.69) is 28.2 Å². The summed E-state index contributed by atoms with van der Waals surface area (Å²) in [6.07, 6.45) is 2.08. The lowest BCUT2D eigenvalue weighted by Crippen LogP contribution is -2.41. The number of halogens is 1. The molecule has 1 aliphatic rings. The molecule has 1 N–H and O–H groups in total. The van der Waals surface area contributed by atoms with Crippen LogP contribution in [0.4, 0.5) is 0 Å². The Labute approximate surface area is 114 Å². The van der Waals surface area contributed by atoms with E-state index in [1.165, 1.54) is 11.3 Å². The van der Waals surface area contributed by atoms with Gasteiger partial charge in [-0.2, -0.15) is 0 Å². The molecular formula is C12H17BrN2OS. The van der Waals surface area contributed by atoms with Crippen molar-refractivity contribution in [3.63, 3.8) is 0 Å². The molecule has 1 aromatic heterocycles. The van der Waals surface area contributed by atoms with E-state index in [0.717, 1.165) is 41.1 Å². The van der Waals surface area contributed by atoms with Crippen LogP contribution in [0.3, 0.4) is 0 Å². The molecule has 1 aromatic rings. The minimum atomic E-state index is 0.177. The molecule has 0 aromatic carbocycles. The molecule has 5 heteroatoms. The van der Waals surface area contributed by atoms with Crippen LogP contribution in [0, 0.1) is 0 Å². The number of rotatable bonds is 4. The van der Waals surface area contributed by atoms with Crippen LogP contribution < -0.4 is 5.32 Å². The third-order valence-electron chi connectivity index (χ3n) is 2.98. The van der Waals surface area contributed by atoms with Gasteiger partial charge in [0.15, 0.2) is 0 Å². The fourth-order valence-electron chi connectivity index (χ4n) is 2.17. The molecule has 2 heterocycles. The standard InChI is InChI=1S/C12H17BrN2OS/c1-2-7-15(9-5-6-14-8-9)12(16)10-3-4-11(13)17-10/h3-4,9,14H,2,5-8H2,1H3. The first-order valence-electron chi connectivity index (χ1n) is 5.99. The highest BCUT2D eigenvalue weighted by atomic mass is 79.9. The molecule has 1 atom stereocenters. The number of thiophene rings is 1. The fourth-order valence-corrected chi connectivity index (χ4v) is 3.51. The SMILES string of the molecule is CCCN(C(=O)c1ccc(Br)s1)C1CCNC1. The highest BCUT2D eigenvalue weighted by molar-refractivity contribution is 9.11. The summed E-state index contributed by atoms with van der Waals surface area (Å²) in [5.74, 6) is 0.177. The van der Waals surface area contributed by atoms with Gasteiger partial charge in [0.25, 0.3) is 5.91 Å². The Morgan fingerprint density at radius 1 is 1.65 bits per heavy atom. The quantitative estimate of drug-likeness (QED) is 0.926. The van der Waals surface area contributed by atoms with E-state index in [4.69, 9.17) is 0 Å². The zero-order chi connectivity index (χ0) is 12.3. The van der Waals surface area contributed by atoms with Crippen LogP contribution in [0.1, 0.15) is 29.4 Å². The second-order valence-electron chi connectivity index (χ2n) is 4.25. The van der Waals surface area contributed by atoms with Crippen LogP contribution in [-0.2, 0) is 0 Å². The van der Waals surface area contributed by atoms with Gasteiger partial charge in [-0.3, -0.25) is 4.79 Å². The Bertz CT molecular complexity index is 388. The Morgan fingerprint density at radius 3 is 3.00 bits per heavy atom. The van der Waals surface area contributed by atoms with Crippen LogP contribution >= 0.6 is 27.3 Å². The molecular weight excluding hydrogens is 300 g/mol. The van der Waals surface area contributed by atoms with Crippen LogP contribution in [0.15, 0.2) is 15.9 Å². The molecule has 0 bridgehead atoms. The third kappa shape index (κ3) is 3.09. The van der Waals surface area contributed by atoms with Gasteiger partial charge in [-0.1, -0.05) is 6.92 Å². The summed E-state index contributed by atoms with van der Waals surface area (Å²) >= 11 is 4.92. The number of hydrogen-bond acceptors (Lipinski definition) is 3.